The first kappa shape index (κ1) is 66.4. The Morgan fingerprint density at radius 1 is 0.137 bits per heavy atom. The maximum absolute atomic E-state index is 2.62. The third-order valence-corrected chi connectivity index (χ3v) is 28.2. The van der Waals surface area contributed by atoms with Crippen molar-refractivity contribution in [2.45, 2.75) is 54.8 Å². The molecule has 0 fully saturated rings. The average Bonchev–Trinajstić information content (AvgIpc) is 1.47. The lowest BCUT2D eigenvalue weighted by molar-refractivity contribution is 0.508. The molecule has 0 nitrogen and oxygen atoms in total. The van der Waals surface area contributed by atoms with Crippen molar-refractivity contribution in [2.24, 2.45) is 0 Å². The van der Waals surface area contributed by atoms with Gasteiger partial charge in [-0.05, 0) is 304 Å². The molecule has 0 bridgehead atoms. The Balaban J connectivity index is 0.944. The van der Waals surface area contributed by atoms with E-state index in [0.717, 1.165) is 0 Å². The summed E-state index contributed by atoms with van der Waals surface area (Å²) in [4.78, 5) is 0. The third-order valence-electron chi connectivity index (χ3n) is 28.2. The first-order chi connectivity index (χ1) is 57.9. The van der Waals surface area contributed by atoms with Crippen molar-refractivity contribution in [2.75, 3.05) is 0 Å². The molecule has 0 radical (unpaired) electrons. The predicted molar refractivity (Wildman–Crippen MR) is 496 cm³/mol. The van der Waals surface area contributed by atoms with Gasteiger partial charge in [0.2, 0.25) is 0 Å². The van der Waals surface area contributed by atoms with Gasteiger partial charge >= 0.3 is 0 Å². The lowest BCUT2D eigenvalue weighted by atomic mass is 9.61. The topological polar surface area (TPSA) is 0 Å². The molecular formula is C117H78. The van der Waals surface area contributed by atoms with E-state index in [9.17, 15) is 0 Å². The molecule has 22 aromatic rings. The second-order valence-corrected chi connectivity index (χ2v) is 34.0. The fourth-order valence-corrected chi connectivity index (χ4v) is 23.6. The summed E-state index contributed by atoms with van der Waals surface area (Å²) in [6.45, 7) is 0. The molecule has 22 aromatic carbocycles. The number of benzene rings is 22. The van der Waals surface area contributed by atoms with Crippen molar-refractivity contribution < 1.29 is 0 Å². The Labute approximate surface area is 679 Å². The molecule has 0 spiro atoms. The van der Waals surface area contributed by atoms with E-state index in [2.05, 4.69) is 400 Å². The van der Waals surface area contributed by atoms with E-state index in [1.165, 1.54) is 229 Å². The van der Waals surface area contributed by atoms with Crippen LogP contribution in [0.5, 0.6) is 0 Å². The molecule has 117 heavy (non-hydrogen) atoms. The summed E-state index contributed by atoms with van der Waals surface area (Å²) in [7, 11) is 0. The smallest absolute Gasteiger partial charge is 0.0302 e. The third kappa shape index (κ3) is 9.65. The van der Waals surface area contributed by atoms with Crippen molar-refractivity contribution in [3.63, 3.8) is 0 Å². The van der Waals surface area contributed by atoms with Gasteiger partial charge in [0.1, 0.15) is 0 Å². The van der Waals surface area contributed by atoms with E-state index < -0.39 is 16.2 Å². The Hall–Kier alpha value is -14.0. The van der Waals surface area contributed by atoms with Crippen LogP contribution < -0.4 is 0 Å². The van der Waals surface area contributed by atoms with Crippen LogP contribution in [0, 0.1) is 0 Å². The maximum Gasteiger partial charge on any atom is 0.0302 e. The summed E-state index contributed by atoms with van der Waals surface area (Å²) in [5.41, 5.74) is 22.6. The molecule has 0 amide bonds. The van der Waals surface area contributed by atoms with E-state index in [1.807, 2.05) is 0 Å². The van der Waals surface area contributed by atoms with Crippen molar-refractivity contribution >= 4 is 129 Å². The zero-order valence-corrected chi connectivity index (χ0v) is 64.8. The van der Waals surface area contributed by atoms with Crippen LogP contribution in [0.3, 0.4) is 0 Å². The van der Waals surface area contributed by atoms with Crippen molar-refractivity contribution in [1.29, 1.82) is 0 Å². The summed E-state index contributed by atoms with van der Waals surface area (Å²) in [6.07, 6.45) is 4.25. The molecular weight excluding hydrogens is 1410 g/mol. The highest BCUT2D eigenvalue weighted by Gasteiger charge is 2.59. The summed E-state index contributed by atoms with van der Waals surface area (Å²) in [6, 6.07) is 157. The SMILES string of the molecule is c1ccc2c(c1)-c1c(c3c(c4c1C(Cc1c5ccccc5cc5ccccc15)(Cc1c5ccccc5cc5ccccc15)c1ccccc1-4)C(Cc1c4ccccc4cc4ccccc14)(Cc1c4ccccc4cc4ccccc14)c1ccccc1-3)C2(Cc1c2ccccc2cc2ccccc12)Cc1c2ccccc2cc2ccccc12. The van der Waals surface area contributed by atoms with E-state index in [-0.39, 0.29) is 0 Å². The van der Waals surface area contributed by atoms with E-state index in [0.29, 0.717) is 38.5 Å². The molecule has 0 aromatic heterocycles. The van der Waals surface area contributed by atoms with Gasteiger partial charge in [-0.3, -0.25) is 0 Å². The molecule has 0 unspecified atom stereocenters. The molecule has 546 valence electrons. The minimum Gasteiger partial charge on any atom is -0.0619 e. The van der Waals surface area contributed by atoms with E-state index >= 15 is 0 Å². The van der Waals surface area contributed by atoms with Crippen molar-refractivity contribution in [3.8, 4) is 33.4 Å². The van der Waals surface area contributed by atoms with Crippen LogP contribution in [-0.4, -0.2) is 0 Å². The van der Waals surface area contributed by atoms with Gasteiger partial charge in [-0.25, -0.2) is 0 Å². The first-order valence-corrected chi connectivity index (χ1v) is 41.9. The van der Waals surface area contributed by atoms with Gasteiger partial charge in [-0.1, -0.05) is 364 Å². The fourth-order valence-electron chi connectivity index (χ4n) is 23.6. The normalized spacial score (nSPS) is 14.1. The second kappa shape index (κ2) is 25.5. The summed E-state index contributed by atoms with van der Waals surface area (Å²) < 4.78 is 0. The molecule has 0 heterocycles. The maximum atomic E-state index is 2.62. The zero-order chi connectivity index (χ0) is 76.7. The number of hydrogen-bond acceptors (Lipinski definition) is 0. The quantitative estimate of drug-likeness (QED) is 0.107. The number of rotatable bonds is 12. The van der Waals surface area contributed by atoms with Gasteiger partial charge in [0.25, 0.3) is 0 Å². The van der Waals surface area contributed by atoms with Crippen LogP contribution in [-0.2, 0) is 54.8 Å². The fraction of sp³-hybridized carbons (Fsp3) is 0.0769. The van der Waals surface area contributed by atoms with Crippen LogP contribution in [0.1, 0.15) is 66.8 Å². The second-order valence-electron chi connectivity index (χ2n) is 34.0. The monoisotopic (exact) mass is 1480 g/mol. The minimum atomic E-state index is -0.787. The van der Waals surface area contributed by atoms with E-state index in [4.69, 9.17) is 0 Å². The molecule has 0 atom stereocenters. The molecule has 0 saturated carbocycles. The first-order valence-electron chi connectivity index (χ1n) is 41.9. The standard InChI is InChI=1S/C117H78/c1-13-43-85-73(31-1)61-74-32-2-14-44-86(74)100(85)67-115(68-101-87-45-15-3-33-75(87)62-76-34-4-16-46-88(76)101)106-58-28-25-55-97(106)109-112(115)110-98-56-26-29-59-107(98)116(69-102-89-47-17-5-35-77(89)63-78-36-6-18-48-90(78)102,70-103-91-49-19-7-37-79(91)64-80-38-8-20-50-92(80)103)114(110)111-99-57-27-30-60-108(99)117(113(109)111,71-104-93-51-21-9-39-81(93)65-82-40-10-22-52-94(82)104)72-105-95-53-23-11-41-83(95)66-84-42-12-24-54-96(84)105/h1-66H,67-72H2. The molecule has 3 aliphatic rings. The van der Waals surface area contributed by atoms with Crippen LogP contribution in [0.4, 0.5) is 0 Å². The highest BCUT2D eigenvalue weighted by Crippen LogP contribution is 2.71. The Morgan fingerprint density at radius 3 is 0.419 bits per heavy atom. The number of hydrogen-bond donors (Lipinski definition) is 0. The van der Waals surface area contributed by atoms with Crippen LogP contribution >= 0.6 is 0 Å². The van der Waals surface area contributed by atoms with Gasteiger partial charge in [0.15, 0.2) is 0 Å². The van der Waals surface area contributed by atoms with Gasteiger partial charge < -0.3 is 0 Å². The highest BCUT2D eigenvalue weighted by atomic mass is 14.6. The van der Waals surface area contributed by atoms with Gasteiger partial charge in [-0.2, -0.15) is 0 Å². The van der Waals surface area contributed by atoms with E-state index in [1.54, 1.807) is 0 Å². The Morgan fingerprint density at radius 2 is 0.265 bits per heavy atom. The van der Waals surface area contributed by atoms with Crippen LogP contribution in [0.25, 0.3) is 163 Å². The van der Waals surface area contributed by atoms with Gasteiger partial charge in [0, 0.05) is 16.2 Å². The largest absolute Gasteiger partial charge is 0.0619 e. The molecule has 3 aliphatic carbocycles. The average molecular weight is 1480 g/mol. The Bertz CT molecular complexity index is 6580. The lowest BCUT2D eigenvalue weighted by Crippen LogP contribution is -2.36. The predicted octanol–water partition coefficient (Wildman–Crippen LogP) is 29.8. The van der Waals surface area contributed by atoms with Crippen LogP contribution in [0.15, 0.2) is 400 Å². The lowest BCUT2D eigenvalue weighted by Gasteiger charge is -2.40. The van der Waals surface area contributed by atoms with Crippen molar-refractivity contribution in [1.82, 2.24) is 0 Å². The van der Waals surface area contributed by atoms with Crippen LogP contribution in [0.2, 0.25) is 0 Å². The molecule has 0 heteroatoms. The molecule has 0 aliphatic heterocycles. The van der Waals surface area contributed by atoms with Gasteiger partial charge in [0.05, 0.1) is 0 Å². The molecule has 25 rings (SSSR count). The minimum absolute atomic E-state index is 0.709. The van der Waals surface area contributed by atoms with Gasteiger partial charge in [-0.15, -0.1) is 0 Å². The number of fused-ring (bicyclic) bond motifs is 24. The van der Waals surface area contributed by atoms with Crippen molar-refractivity contribution in [3.05, 3.63) is 467 Å². The highest BCUT2D eigenvalue weighted by molar-refractivity contribution is 6.13. The molecule has 0 N–H and O–H groups in total. The summed E-state index contributed by atoms with van der Waals surface area (Å²) in [5, 5.41) is 30.7. The zero-order valence-electron chi connectivity index (χ0n) is 64.8. The molecule has 0 saturated heterocycles. The summed E-state index contributed by atoms with van der Waals surface area (Å²) >= 11 is 0. The summed E-state index contributed by atoms with van der Waals surface area (Å²) in [5.74, 6) is 0. The Kier molecular flexibility index (Phi) is 14.5.